The maximum atomic E-state index is 5.72. The molecule has 82 valence electrons. The lowest BCUT2D eigenvalue weighted by Gasteiger charge is -2.25. The molecule has 15 heavy (non-hydrogen) atoms. The summed E-state index contributed by atoms with van der Waals surface area (Å²) in [4.78, 5) is 0. The number of hydrogen-bond donors (Lipinski definition) is 0. The summed E-state index contributed by atoms with van der Waals surface area (Å²) in [6.45, 7) is 9.82. The minimum atomic E-state index is 0.233. The predicted octanol–water partition coefficient (Wildman–Crippen LogP) is 3.62. The zero-order chi connectivity index (χ0) is 11.1. The van der Waals surface area contributed by atoms with Crippen LogP contribution in [0.2, 0.25) is 0 Å². The molecule has 0 atom stereocenters. The van der Waals surface area contributed by atoms with Gasteiger partial charge in [-0.3, -0.25) is 0 Å². The molecule has 1 aliphatic heterocycles. The van der Waals surface area contributed by atoms with Crippen LogP contribution in [0.3, 0.4) is 0 Å². The fraction of sp³-hybridized carbons (Fsp3) is 0.571. The molecule has 0 amide bonds. The van der Waals surface area contributed by atoms with Crippen LogP contribution in [0, 0.1) is 6.92 Å². The van der Waals surface area contributed by atoms with Crippen molar-refractivity contribution in [1.82, 2.24) is 0 Å². The first-order valence-electron chi connectivity index (χ1n) is 5.75. The van der Waals surface area contributed by atoms with Crippen LogP contribution in [0.5, 0.6) is 5.75 Å². The van der Waals surface area contributed by atoms with Crippen LogP contribution < -0.4 is 4.74 Å². The van der Waals surface area contributed by atoms with Gasteiger partial charge >= 0.3 is 0 Å². The molecule has 0 radical (unpaired) electrons. The van der Waals surface area contributed by atoms with Gasteiger partial charge in [0, 0.05) is 0 Å². The molecule has 0 bridgehead atoms. The summed E-state index contributed by atoms with van der Waals surface area (Å²) in [6, 6.07) is 4.59. The third-order valence-corrected chi connectivity index (χ3v) is 3.05. The Bertz CT molecular complexity index is 372. The molecule has 1 aliphatic rings. The molecule has 0 saturated carbocycles. The van der Waals surface area contributed by atoms with Crippen LogP contribution in [0.15, 0.2) is 12.1 Å². The lowest BCUT2D eigenvalue weighted by Crippen LogP contribution is -2.15. The average molecular weight is 204 g/mol. The van der Waals surface area contributed by atoms with Crippen molar-refractivity contribution in [2.45, 2.75) is 46.0 Å². The molecular weight excluding hydrogens is 184 g/mol. The molecule has 0 unspecified atom stereocenters. The zero-order valence-corrected chi connectivity index (χ0v) is 10.2. The SMILES string of the molecule is Cc1cc(C(C)(C)C)cc2c1OCCC2. The number of aryl methyl sites for hydroxylation is 2. The van der Waals surface area contributed by atoms with Gasteiger partial charge in [-0.25, -0.2) is 0 Å². The molecule has 0 saturated heterocycles. The molecule has 0 spiro atoms. The zero-order valence-electron chi connectivity index (χ0n) is 10.2. The predicted molar refractivity (Wildman–Crippen MR) is 63.7 cm³/mol. The van der Waals surface area contributed by atoms with Gasteiger partial charge in [-0.1, -0.05) is 32.9 Å². The lowest BCUT2D eigenvalue weighted by molar-refractivity contribution is 0.286. The monoisotopic (exact) mass is 204 g/mol. The van der Waals surface area contributed by atoms with Gasteiger partial charge in [-0.15, -0.1) is 0 Å². The lowest BCUT2D eigenvalue weighted by atomic mass is 9.84. The molecule has 1 nitrogen and oxygen atoms in total. The van der Waals surface area contributed by atoms with Crippen LogP contribution in [0.25, 0.3) is 0 Å². The molecule has 2 rings (SSSR count). The summed E-state index contributed by atoms with van der Waals surface area (Å²) in [7, 11) is 0. The third-order valence-electron chi connectivity index (χ3n) is 3.05. The van der Waals surface area contributed by atoms with Crippen LogP contribution in [-0.2, 0) is 11.8 Å². The smallest absolute Gasteiger partial charge is 0.125 e. The number of rotatable bonds is 0. The maximum absolute atomic E-state index is 5.72. The number of benzene rings is 1. The van der Waals surface area contributed by atoms with Crippen LogP contribution >= 0.6 is 0 Å². The highest BCUT2D eigenvalue weighted by molar-refractivity contribution is 5.46. The Hall–Kier alpha value is -0.980. The molecule has 1 aromatic carbocycles. The fourth-order valence-electron chi connectivity index (χ4n) is 2.11. The van der Waals surface area contributed by atoms with Crippen molar-refractivity contribution in [2.24, 2.45) is 0 Å². The van der Waals surface area contributed by atoms with Gasteiger partial charge < -0.3 is 4.74 Å². The molecule has 0 aliphatic carbocycles. The van der Waals surface area contributed by atoms with Gasteiger partial charge in [0.05, 0.1) is 6.61 Å². The quantitative estimate of drug-likeness (QED) is 0.627. The van der Waals surface area contributed by atoms with Crippen molar-refractivity contribution >= 4 is 0 Å². The van der Waals surface area contributed by atoms with Crippen LogP contribution in [0.1, 0.15) is 43.9 Å². The minimum absolute atomic E-state index is 0.233. The first kappa shape index (κ1) is 10.5. The molecule has 1 aromatic rings. The summed E-state index contributed by atoms with van der Waals surface area (Å²) < 4.78 is 5.72. The standard InChI is InChI=1S/C14H20O/c1-10-8-12(14(2,3)4)9-11-6-5-7-15-13(10)11/h8-9H,5-7H2,1-4H3. The second-order valence-electron chi connectivity index (χ2n) is 5.48. The molecule has 0 fully saturated rings. The highest BCUT2D eigenvalue weighted by Gasteiger charge is 2.19. The second kappa shape index (κ2) is 3.55. The van der Waals surface area contributed by atoms with E-state index in [2.05, 4.69) is 39.8 Å². The van der Waals surface area contributed by atoms with Gasteiger partial charge in [-0.2, -0.15) is 0 Å². The summed E-state index contributed by atoms with van der Waals surface area (Å²) in [5.74, 6) is 1.13. The van der Waals surface area contributed by atoms with Crippen molar-refractivity contribution in [3.8, 4) is 5.75 Å². The Morgan fingerprint density at radius 1 is 1.20 bits per heavy atom. The fourth-order valence-corrected chi connectivity index (χ4v) is 2.11. The van der Waals surface area contributed by atoms with Gasteiger partial charge in [-0.05, 0) is 41.9 Å². The van der Waals surface area contributed by atoms with Crippen molar-refractivity contribution in [1.29, 1.82) is 0 Å². The van der Waals surface area contributed by atoms with E-state index in [1.165, 1.54) is 23.1 Å². The van der Waals surface area contributed by atoms with E-state index in [4.69, 9.17) is 4.74 Å². The van der Waals surface area contributed by atoms with E-state index in [0.717, 1.165) is 18.8 Å². The number of hydrogen-bond acceptors (Lipinski definition) is 1. The Morgan fingerprint density at radius 2 is 1.93 bits per heavy atom. The highest BCUT2D eigenvalue weighted by atomic mass is 16.5. The van der Waals surface area contributed by atoms with Crippen molar-refractivity contribution < 1.29 is 4.74 Å². The van der Waals surface area contributed by atoms with Gasteiger partial charge in [0.15, 0.2) is 0 Å². The number of ether oxygens (including phenoxy) is 1. The second-order valence-corrected chi connectivity index (χ2v) is 5.48. The van der Waals surface area contributed by atoms with E-state index in [9.17, 15) is 0 Å². The Morgan fingerprint density at radius 3 is 2.60 bits per heavy atom. The van der Waals surface area contributed by atoms with Crippen molar-refractivity contribution in [3.63, 3.8) is 0 Å². The normalized spacial score (nSPS) is 15.7. The molecule has 1 heterocycles. The minimum Gasteiger partial charge on any atom is -0.493 e. The molecule has 0 N–H and O–H groups in total. The maximum Gasteiger partial charge on any atom is 0.125 e. The first-order valence-corrected chi connectivity index (χ1v) is 5.75. The summed E-state index contributed by atoms with van der Waals surface area (Å²) in [5.41, 5.74) is 4.34. The summed E-state index contributed by atoms with van der Waals surface area (Å²) in [5, 5.41) is 0. The van der Waals surface area contributed by atoms with E-state index >= 15 is 0 Å². The van der Waals surface area contributed by atoms with Crippen molar-refractivity contribution in [3.05, 3.63) is 28.8 Å². The van der Waals surface area contributed by atoms with E-state index in [1.54, 1.807) is 0 Å². The first-order chi connectivity index (χ1) is 6.98. The summed E-state index contributed by atoms with van der Waals surface area (Å²) in [6.07, 6.45) is 2.32. The largest absolute Gasteiger partial charge is 0.493 e. The van der Waals surface area contributed by atoms with E-state index in [0.29, 0.717) is 0 Å². The van der Waals surface area contributed by atoms with Crippen molar-refractivity contribution in [2.75, 3.05) is 6.61 Å². The van der Waals surface area contributed by atoms with E-state index in [-0.39, 0.29) is 5.41 Å². The third kappa shape index (κ3) is 2.01. The Labute approximate surface area is 92.5 Å². The van der Waals surface area contributed by atoms with Gasteiger partial charge in [0.25, 0.3) is 0 Å². The van der Waals surface area contributed by atoms with E-state index < -0.39 is 0 Å². The summed E-state index contributed by atoms with van der Waals surface area (Å²) >= 11 is 0. The topological polar surface area (TPSA) is 9.23 Å². The van der Waals surface area contributed by atoms with Crippen LogP contribution in [-0.4, -0.2) is 6.61 Å². The molecular formula is C14H20O. The molecule has 0 aromatic heterocycles. The number of fused-ring (bicyclic) bond motifs is 1. The molecule has 1 heteroatoms. The van der Waals surface area contributed by atoms with Gasteiger partial charge in [0.1, 0.15) is 5.75 Å². The van der Waals surface area contributed by atoms with E-state index in [1.807, 2.05) is 0 Å². The Kier molecular flexibility index (Phi) is 2.49. The van der Waals surface area contributed by atoms with Crippen LogP contribution in [0.4, 0.5) is 0 Å². The average Bonchev–Trinajstić information content (AvgIpc) is 2.16. The Balaban J connectivity index is 2.50. The van der Waals surface area contributed by atoms with Gasteiger partial charge in [0.2, 0.25) is 0 Å². The highest BCUT2D eigenvalue weighted by Crippen LogP contribution is 2.33.